The molecule has 0 saturated carbocycles. The van der Waals surface area contributed by atoms with Crippen LogP contribution in [0.1, 0.15) is 16.9 Å². The van der Waals surface area contributed by atoms with Gasteiger partial charge >= 0.3 is 0 Å². The van der Waals surface area contributed by atoms with Crippen LogP contribution in [0.3, 0.4) is 0 Å². The number of thioether (sulfide) groups is 1. The number of hydrogen-bond acceptors (Lipinski definition) is 6. The van der Waals surface area contributed by atoms with Gasteiger partial charge in [-0.3, -0.25) is 4.79 Å². The van der Waals surface area contributed by atoms with Crippen LogP contribution in [0.15, 0.2) is 41.5 Å². The topological polar surface area (TPSA) is 68.5 Å². The van der Waals surface area contributed by atoms with Crippen molar-refractivity contribution in [3.8, 4) is 5.88 Å². The van der Waals surface area contributed by atoms with Crippen molar-refractivity contribution in [1.29, 1.82) is 0 Å². The number of nitrogens with zero attached hydrogens (tertiary/aromatic N) is 3. The number of pyridine rings is 1. The average molecular weight is 317 g/mol. The summed E-state index contributed by atoms with van der Waals surface area (Å²) in [5.74, 6) is 1.54. The van der Waals surface area contributed by atoms with Gasteiger partial charge in [0.1, 0.15) is 12.4 Å². The molecule has 2 saturated heterocycles. The number of carbonyl (C=O) groups is 1. The first-order chi connectivity index (χ1) is 10.7. The van der Waals surface area contributed by atoms with E-state index in [0.29, 0.717) is 11.6 Å². The molecule has 2 aliphatic rings. The molecular weight excluding hydrogens is 302 g/mol. The summed E-state index contributed by atoms with van der Waals surface area (Å²) in [6.07, 6.45) is 5.50. The Hall–Kier alpha value is -2.02. The van der Waals surface area contributed by atoms with Crippen LogP contribution in [0.5, 0.6) is 5.88 Å². The van der Waals surface area contributed by atoms with Gasteiger partial charge in [0.05, 0.1) is 4.75 Å². The van der Waals surface area contributed by atoms with Gasteiger partial charge in [-0.15, -0.1) is 11.8 Å². The molecule has 114 valence electrons. The van der Waals surface area contributed by atoms with E-state index >= 15 is 0 Å². The zero-order valence-electron chi connectivity index (χ0n) is 11.8. The third-order valence-electron chi connectivity index (χ3n) is 4.00. The van der Waals surface area contributed by atoms with Crippen LogP contribution >= 0.6 is 11.8 Å². The van der Waals surface area contributed by atoms with Gasteiger partial charge in [0.2, 0.25) is 5.88 Å². The number of likely N-dealkylation sites (tertiary alicyclic amines) is 1. The van der Waals surface area contributed by atoms with Gasteiger partial charge in [-0.2, -0.15) is 0 Å². The average Bonchev–Trinajstić information content (AvgIpc) is 3.16. The van der Waals surface area contributed by atoms with E-state index in [1.54, 1.807) is 6.20 Å². The number of oxazole rings is 1. The molecule has 4 heterocycles. The Kier molecular flexibility index (Phi) is 3.29. The zero-order chi connectivity index (χ0) is 15.0. The molecule has 4 rings (SSSR count). The molecule has 0 aromatic carbocycles. The standard InChI is InChI=1S/C15H15N3O3S/c19-14(12-6-20-10-17-12)18-8-15(9-18)5-11(7-22-15)21-13-3-1-2-4-16-13/h1-4,6,10-11H,5,7-9H2. The second kappa shape index (κ2) is 5.31. The molecule has 0 radical (unpaired) electrons. The highest BCUT2D eigenvalue weighted by molar-refractivity contribution is 8.01. The summed E-state index contributed by atoms with van der Waals surface area (Å²) < 4.78 is 10.9. The highest BCUT2D eigenvalue weighted by Crippen LogP contribution is 2.46. The Bertz CT molecular complexity index is 656. The molecule has 1 atom stereocenters. The molecule has 0 bridgehead atoms. The second-order valence-corrected chi connectivity index (χ2v) is 7.13. The van der Waals surface area contributed by atoms with Gasteiger partial charge < -0.3 is 14.1 Å². The SMILES string of the molecule is O=C(c1cocn1)N1CC2(CC(Oc3ccccn3)CS2)C1. The molecule has 0 aliphatic carbocycles. The lowest BCUT2D eigenvalue weighted by Gasteiger charge is -2.47. The largest absolute Gasteiger partial charge is 0.473 e. The fourth-order valence-electron chi connectivity index (χ4n) is 2.96. The first-order valence-electron chi connectivity index (χ1n) is 7.13. The van der Waals surface area contributed by atoms with Gasteiger partial charge in [-0.25, -0.2) is 9.97 Å². The van der Waals surface area contributed by atoms with Crippen molar-refractivity contribution in [2.24, 2.45) is 0 Å². The van der Waals surface area contributed by atoms with Gasteiger partial charge in [0.25, 0.3) is 5.91 Å². The van der Waals surface area contributed by atoms with Crippen LogP contribution in [-0.4, -0.2) is 50.5 Å². The monoisotopic (exact) mass is 317 g/mol. The number of amides is 1. The summed E-state index contributed by atoms with van der Waals surface area (Å²) in [6, 6.07) is 5.66. The third kappa shape index (κ3) is 2.45. The van der Waals surface area contributed by atoms with Crippen LogP contribution in [0.2, 0.25) is 0 Å². The van der Waals surface area contributed by atoms with Gasteiger partial charge in [-0.05, 0) is 6.07 Å². The maximum absolute atomic E-state index is 12.2. The quantitative estimate of drug-likeness (QED) is 0.860. The summed E-state index contributed by atoms with van der Waals surface area (Å²) in [7, 11) is 0. The summed E-state index contributed by atoms with van der Waals surface area (Å²) in [5.41, 5.74) is 0.374. The number of carbonyl (C=O) groups excluding carboxylic acids is 1. The fourth-order valence-corrected chi connectivity index (χ4v) is 4.48. The first kappa shape index (κ1) is 13.6. The van der Waals surface area contributed by atoms with Crippen LogP contribution in [0.4, 0.5) is 0 Å². The Morgan fingerprint density at radius 3 is 3.05 bits per heavy atom. The second-order valence-electron chi connectivity index (χ2n) is 5.64. The van der Waals surface area contributed by atoms with Crippen LogP contribution in [0.25, 0.3) is 0 Å². The van der Waals surface area contributed by atoms with Crippen molar-refractivity contribution in [2.45, 2.75) is 17.3 Å². The van der Waals surface area contributed by atoms with E-state index in [1.807, 2.05) is 34.9 Å². The number of aromatic nitrogens is 2. The number of hydrogen-bond donors (Lipinski definition) is 0. The van der Waals surface area contributed by atoms with E-state index in [9.17, 15) is 4.79 Å². The summed E-state index contributed by atoms with van der Waals surface area (Å²) >= 11 is 1.89. The maximum atomic E-state index is 12.2. The van der Waals surface area contributed by atoms with E-state index < -0.39 is 0 Å². The predicted molar refractivity (Wildman–Crippen MR) is 80.9 cm³/mol. The smallest absolute Gasteiger partial charge is 0.275 e. The fraction of sp³-hybridized carbons (Fsp3) is 0.400. The normalized spacial score (nSPS) is 22.5. The van der Waals surface area contributed by atoms with Crippen LogP contribution < -0.4 is 4.74 Å². The van der Waals surface area contributed by atoms with Crippen molar-refractivity contribution in [3.63, 3.8) is 0 Å². The lowest BCUT2D eigenvalue weighted by molar-refractivity contribution is 0.0510. The Balaban J connectivity index is 1.33. The molecule has 22 heavy (non-hydrogen) atoms. The summed E-state index contributed by atoms with van der Waals surface area (Å²) in [5, 5.41) is 0. The van der Waals surface area contributed by atoms with E-state index in [4.69, 9.17) is 9.15 Å². The molecular formula is C15H15N3O3S. The highest BCUT2D eigenvalue weighted by atomic mass is 32.2. The molecule has 7 heteroatoms. The minimum absolute atomic E-state index is 0.0610. The third-order valence-corrected chi connectivity index (χ3v) is 5.57. The van der Waals surface area contributed by atoms with Crippen molar-refractivity contribution in [1.82, 2.24) is 14.9 Å². The lowest BCUT2D eigenvalue weighted by atomic mass is 9.92. The molecule has 2 aliphatic heterocycles. The summed E-state index contributed by atoms with van der Waals surface area (Å²) in [4.78, 5) is 22.1. The molecule has 2 fully saturated rings. The van der Waals surface area contributed by atoms with Gasteiger partial charge in [0, 0.05) is 37.5 Å². The van der Waals surface area contributed by atoms with E-state index in [0.717, 1.165) is 25.3 Å². The van der Waals surface area contributed by atoms with E-state index in [-0.39, 0.29) is 16.8 Å². The van der Waals surface area contributed by atoms with Gasteiger partial charge in [-0.1, -0.05) is 6.07 Å². The Morgan fingerprint density at radius 1 is 1.41 bits per heavy atom. The summed E-state index contributed by atoms with van der Waals surface area (Å²) in [6.45, 7) is 1.48. The molecule has 2 aromatic rings. The van der Waals surface area contributed by atoms with Crippen molar-refractivity contribution in [2.75, 3.05) is 18.8 Å². The highest BCUT2D eigenvalue weighted by Gasteiger charge is 2.51. The van der Waals surface area contributed by atoms with E-state index in [2.05, 4.69) is 9.97 Å². The lowest BCUT2D eigenvalue weighted by Crippen LogP contribution is -2.60. The van der Waals surface area contributed by atoms with Crippen molar-refractivity contribution < 1.29 is 13.9 Å². The Labute approximate surface area is 131 Å². The van der Waals surface area contributed by atoms with E-state index in [1.165, 1.54) is 12.7 Å². The van der Waals surface area contributed by atoms with Crippen LogP contribution in [0, 0.1) is 0 Å². The predicted octanol–water partition coefficient (Wildman–Crippen LogP) is 1.85. The van der Waals surface area contributed by atoms with Crippen LogP contribution in [-0.2, 0) is 0 Å². The van der Waals surface area contributed by atoms with Crippen molar-refractivity contribution >= 4 is 17.7 Å². The molecule has 0 N–H and O–H groups in total. The minimum atomic E-state index is -0.0610. The number of ether oxygens (including phenoxy) is 1. The minimum Gasteiger partial charge on any atom is -0.473 e. The van der Waals surface area contributed by atoms with Gasteiger partial charge in [0.15, 0.2) is 12.1 Å². The molecule has 2 aromatic heterocycles. The molecule has 6 nitrogen and oxygen atoms in total. The Morgan fingerprint density at radius 2 is 2.32 bits per heavy atom. The number of rotatable bonds is 3. The van der Waals surface area contributed by atoms with Crippen molar-refractivity contribution in [3.05, 3.63) is 42.7 Å². The molecule has 1 spiro atoms. The zero-order valence-corrected chi connectivity index (χ0v) is 12.7. The first-order valence-corrected chi connectivity index (χ1v) is 8.12. The maximum Gasteiger partial charge on any atom is 0.275 e. The molecule has 1 unspecified atom stereocenters. The molecule has 1 amide bonds.